The smallest absolute Gasteiger partial charge is 0.305 e. The molecule has 0 saturated carbocycles. The van der Waals surface area contributed by atoms with Gasteiger partial charge in [0.25, 0.3) is 0 Å². The molecule has 0 aliphatic carbocycles. The fourth-order valence-corrected chi connectivity index (χ4v) is 3.63. The van der Waals surface area contributed by atoms with Gasteiger partial charge in [-0.3, -0.25) is 4.79 Å². The van der Waals surface area contributed by atoms with E-state index in [0.717, 1.165) is 32.2 Å². The van der Waals surface area contributed by atoms with Crippen molar-refractivity contribution in [2.24, 2.45) is 0 Å². The topological polar surface area (TPSA) is 29.5 Å². The zero-order valence-electron chi connectivity index (χ0n) is 18.5. The molecule has 0 spiro atoms. The van der Waals surface area contributed by atoms with Crippen LogP contribution in [-0.2, 0) is 9.53 Å². The highest BCUT2D eigenvalue weighted by Gasteiger charge is 2.10. The van der Waals surface area contributed by atoms with Crippen molar-refractivity contribution < 1.29 is 9.53 Å². The number of esters is 1. The maximum Gasteiger partial charge on any atom is 0.305 e. The van der Waals surface area contributed by atoms with Crippen molar-refractivity contribution in [1.82, 2.24) is 4.90 Å². The normalized spacial score (nSPS) is 15.2. The van der Waals surface area contributed by atoms with Crippen LogP contribution in [0.25, 0.3) is 0 Å². The first-order valence-electron chi connectivity index (χ1n) is 12.0. The molecule has 0 N–H and O–H groups in total. The minimum Gasteiger partial charge on any atom is -0.466 e. The summed E-state index contributed by atoms with van der Waals surface area (Å²) < 4.78 is 5.34. The van der Waals surface area contributed by atoms with Gasteiger partial charge in [-0.1, -0.05) is 63.3 Å². The van der Waals surface area contributed by atoms with E-state index < -0.39 is 0 Å². The Morgan fingerprint density at radius 3 is 2.18 bits per heavy atom. The van der Waals surface area contributed by atoms with E-state index in [2.05, 4.69) is 36.1 Å². The largest absolute Gasteiger partial charge is 0.466 e. The van der Waals surface area contributed by atoms with Gasteiger partial charge < -0.3 is 9.64 Å². The third-order valence-corrected chi connectivity index (χ3v) is 5.41. The summed E-state index contributed by atoms with van der Waals surface area (Å²) in [5.41, 5.74) is 0. The molecule has 0 bridgehead atoms. The minimum absolute atomic E-state index is 0.00731. The molecule has 0 atom stereocenters. The van der Waals surface area contributed by atoms with Gasteiger partial charge in [0.1, 0.15) is 0 Å². The van der Waals surface area contributed by atoms with Gasteiger partial charge in [-0.05, 0) is 70.9 Å². The fourth-order valence-electron chi connectivity index (χ4n) is 3.63. The first kappa shape index (κ1) is 24.9. The second-order valence-electron chi connectivity index (χ2n) is 8.10. The van der Waals surface area contributed by atoms with Gasteiger partial charge in [0, 0.05) is 13.0 Å². The Bertz CT molecular complexity index is 411. The summed E-state index contributed by atoms with van der Waals surface area (Å²) in [5.74, 6) is -0.00731. The molecule has 162 valence electrons. The lowest BCUT2D eigenvalue weighted by Crippen LogP contribution is -2.22. The summed E-state index contributed by atoms with van der Waals surface area (Å²) in [7, 11) is 0. The van der Waals surface area contributed by atoms with Gasteiger partial charge >= 0.3 is 5.97 Å². The first-order chi connectivity index (χ1) is 13.8. The number of ether oxygens (including phenoxy) is 1. The Morgan fingerprint density at radius 2 is 1.46 bits per heavy atom. The molecule has 0 unspecified atom stereocenters. The third kappa shape index (κ3) is 15.9. The Morgan fingerprint density at radius 1 is 0.821 bits per heavy atom. The Labute approximate surface area is 174 Å². The number of nitrogens with zero attached hydrogens (tertiary/aromatic N) is 1. The summed E-state index contributed by atoms with van der Waals surface area (Å²) >= 11 is 0. The lowest BCUT2D eigenvalue weighted by molar-refractivity contribution is -0.143. The average Bonchev–Trinajstić information content (AvgIpc) is 3.22. The molecular weight excluding hydrogens is 346 g/mol. The number of rotatable bonds is 18. The van der Waals surface area contributed by atoms with Crippen LogP contribution in [-0.4, -0.2) is 37.1 Å². The maximum absolute atomic E-state index is 11.7. The summed E-state index contributed by atoms with van der Waals surface area (Å²) in [4.78, 5) is 14.2. The quantitative estimate of drug-likeness (QED) is 0.146. The molecule has 0 aromatic heterocycles. The van der Waals surface area contributed by atoms with Crippen LogP contribution in [0, 0.1) is 0 Å². The SMILES string of the molecule is CCCCC/C=C\C/C=C\CCCCCCCC(=O)OCCCN1CCCC1. The number of allylic oxidation sites excluding steroid dienone is 4. The summed E-state index contributed by atoms with van der Waals surface area (Å²) in [6.07, 6.45) is 26.8. The molecule has 28 heavy (non-hydrogen) atoms. The Hall–Kier alpha value is -1.09. The van der Waals surface area contributed by atoms with Crippen molar-refractivity contribution in [1.29, 1.82) is 0 Å². The highest BCUT2D eigenvalue weighted by Crippen LogP contribution is 2.10. The molecule has 1 saturated heterocycles. The van der Waals surface area contributed by atoms with E-state index in [9.17, 15) is 4.79 Å². The monoisotopic (exact) mass is 391 g/mol. The van der Waals surface area contributed by atoms with E-state index in [1.807, 2.05) is 0 Å². The van der Waals surface area contributed by atoms with Crippen molar-refractivity contribution in [3.8, 4) is 0 Å². The van der Waals surface area contributed by atoms with E-state index in [1.54, 1.807) is 0 Å². The maximum atomic E-state index is 11.7. The summed E-state index contributed by atoms with van der Waals surface area (Å²) in [5, 5.41) is 0. The molecular formula is C25H45NO2. The molecule has 0 aromatic rings. The molecule has 0 amide bonds. The van der Waals surface area contributed by atoms with Crippen LogP contribution in [0.15, 0.2) is 24.3 Å². The first-order valence-corrected chi connectivity index (χ1v) is 12.0. The second-order valence-corrected chi connectivity index (χ2v) is 8.10. The fraction of sp³-hybridized carbons (Fsp3) is 0.800. The van der Waals surface area contributed by atoms with Gasteiger partial charge in [-0.2, -0.15) is 0 Å². The molecule has 1 heterocycles. The Balaban J connectivity index is 1.78. The zero-order valence-corrected chi connectivity index (χ0v) is 18.5. The molecule has 1 fully saturated rings. The number of carbonyl (C=O) groups excluding carboxylic acids is 1. The standard InChI is InChI=1S/C25H45NO2/c1-2-3-4-5-6-7-8-9-10-11-12-13-14-15-16-20-25(27)28-24-19-23-26-21-17-18-22-26/h6-7,9-10H,2-5,8,11-24H2,1H3/b7-6-,10-9-. The van der Waals surface area contributed by atoms with Crippen molar-refractivity contribution in [2.75, 3.05) is 26.2 Å². The predicted octanol–water partition coefficient (Wildman–Crippen LogP) is 6.83. The molecule has 0 radical (unpaired) electrons. The highest BCUT2D eigenvalue weighted by molar-refractivity contribution is 5.69. The predicted molar refractivity (Wildman–Crippen MR) is 121 cm³/mol. The van der Waals surface area contributed by atoms with Crippen molar-refractivity contribution in [3.05, 3.63) is 24.3 Å². The van der Waals surface area contributed by atoms with Crippen molar-refractivity contribution >= 4 is 5.97 Å². The number of hydrogen-bond acceptors (Lipinski definition) is 3. The van der Waals surface area contributed by atoms with Gasteiger partial charge in [0.2, 0.25) is 0 Å². The third-order valence-electron chi connectivity index (χ3n) is 5.41. The molecule has 3 heteroatoms. The number of hydrogen-bond donors (Lipinski definition) is 0. The lowest BCUT2D eigenvalue weighted by Gasteiger charge is -2.13. The lowest BCUT2D eigenvalue weighted by atomic mass is 10.1. The number of carbonyl (C=O) groups is 1. The van der Waals surface area contributed by atoms with E-state index in [0.29, 0.717) is 13.0 Å². The second kappa shape index (κ2) is 19.2. The van der Waals surface area contributed by atoms with Gasteiger partial charge in [0.15, 0.2) is 0 Å². The average molecular weight is 392 g/mol. The summed E-state index contributed by atoms with van der Waals surface area (Å²) in [6.45, 7) is 6.37. The van der Waals surface area contributed by atoms with Gasteiger partial charge in [0.05, 0.1) is 6.61 Å². The van der Waals surface area contributed by atoms with E-state index >= 15 is 0 Å². The van der Waals surface area contributed by atoms with Crippen LogP contribution < -0.4 is 0 Å². The van der Waals surface area contributed by atoms with Crippen LogP contribution in [0.2, 0.25) is 0 Å². The van der Waals surface area contributed by atoms with Crippen LogP contribution >= 0.6 is 0 Å². The highest BCUT2D eigenvalue weighted by atomic mass is 16.5. The number of likely N-dealkylation sites (tertiary alicyclic amines) is 1. The van der Waals surface area contributed by atoms with Crippen LogP contribution in [0.1, 0.15) is 103 Å². The van der Waals surface area contributed by atoms with Crippen molar-refractivity contribution in [2.45, 2.75) is 103 Å². The molecule has 1 rings (SSSR count). The van der Waals surface area contributed by atoms with Crippen LogP contribution in [0.3, 0.4) is 0 Å². The molecule has 0 aromatic carbocycles. The van der Waals surface area contributed by atoms with Crippen LogP contribution in [0.5, 0.6) is 0 Å². The zero-order chi connectivity index (χ0) is 20.1. The Kier molecular flexibility index (Phi) is 17.1. The van der Waals surface area contributed by atoms with E-state index in [-0.39, 0.29) is 5.97 Å². The number of unbranched alkanes of at least 4 members (excludes halogenated alkanes) is 8. The van der Waals surface area contributed by atoms with Crippen molar-refractivity contribution in [3.63, 3.8) is 0 Å². The van der Waals surface area contributed by atoms with E-state index in [1.165, 1.54) is 77.3 Å². The van der Waals surface area contributed by atoms with Gasteiger partial charge in [-0.15, -0.1) is 0 Å². The molecule has 1 aliphatic heterocycles. The molecule has 3 nitrogen and oxygen atoms in total. The van der Waals surface area contributed by atoms with E-state index in [4.69, 9.17) is 4.74 Å². The minimum atomic E-state index is -0.00731. The van der Waals surface area contributed by atoms with Gasteiger partial charge in [-0.25, -0.2) is 0 Å². The molecule has 1 aliphatic rings. The van der Waals surface area contributed by atoms with Crippen LogP contribution in [0.4, 0.5) is 0 Å². The summed E-state index contributed by atoms with van der Waals surface area (Å²) in [6, 6.07) is 0.